The lowest BCUT2D eigenvalue weighted by atomic mass is 9.72. The van der Waals surface area contributed by atoms with Crippen molar-refractivity contribution in [3.63, 3.8) is 0 Å². The van der Waals surface area contributed by atoms with Gasteiger partial charge in [-0.05, 0) is 55.0 Å². The van der Waals surface area contributed by atoms with Gasteiger partial charge in [0.2, 0.25) is 0 Å². The average molecular weight is 280 g/mol. The second-order valence-corrected chi connectivity index (χ2v) is 6.71. The highest BCUT2D eigenvalue weighted by atomic mass is 14.9. The maximum atomic E-state index is 3.98. The molecule has 3 atom stereocenters. The summed E-state index contributed by atoms with van der Waals surface area (Å²) in [4.78, 5) is 3.55. The molecule has 2 N–H and O–H groups in total. The molecular formula is C19H24N2. The Labute approximate surface area is 126 Å². The van der Waals surface area contributed by atoms with Gasteiger partial charge in [-0.15, -0.1) is 0 Å². The molecule has 0 saturated carbocycles. The highest BCUT2D eigenvalue weighted by Gasteiger charge is 2.36. The Morgan fingerprint density at radius 3 is 3.10 bits per heavy atom. The number of rotatable bonds is 3. The Kier molecular flexibility index (Phi) is 3.15. The fourth-order valence-electron chi connectivity index (χ4n) is 4.53. The topological polar surface area (TPSA) is 27.8 Å². The van der Waals surface area contributed by atoms with Crippen molar-refractivity contribution in [1.29, 1.82) is 0 Å². The third-order valence-electron chi connectivity index (χ3n) is 5.46. The standard InChI is InChI=1S/C19H24N2/c1-3-6-12-9-14-13-7-5-8-17-19(13)15(16(4-2)21-17)10-18(14)20-11-12/h4-5,7-8,12,14,18,20-21H,2-3,6,9-11H2,1H3/t12-,14-,18-/m1/s1. The van der Waals surface area contributed by atoms with Gasteiger partial charge < -0.3 is 10.3 Å². The Bertz CT molecular complexity index is 682. The zero-order valence-corrected chi connectivity index (χ0v) is 12.8. The van der Waals surface area contributed by atoms with Gasteiger partial charge in [-0.2, -0.15) is 0 Å². The zero-order valence-electron chi connectivity index (χ0n) is 12.8. The van der Waals surface area contributed by atoms with Crippen molar-refractivity contribution in [3.8, 4) is 0 Å². The molecule has 1 aromatic heterocycles. The normalized spacial score (nSPS) is 27.6. The van der Waals surface area contributed by atoms with Gasteiger partial charge >= 0.3 is 0 Å². The molecule has 21 heavy (non-hydrogen) atoms. The van der Waals surface area contributed by atoms with Crippen LogP contribution in [0.1, 0.15) is 48.9 Å². The van der Waals surface area contributed by atoms with Gasteiger partial charge in [0.05, 0.1) is 0 Å². The summed E-state index contributed by atoms with van der Waals surface area (Å²) in [5, 5.41) is 5.31. The van der Waals surface area contributed by atoms with Gasteiger partial charge in [0.15, 0.2) is 0 Å². The third kappa shape index (κ3) is 1.96. The molecule has 0 unspecified atom stereocenters. The number of hydrogen-bond donors (Lipinski definition) is 2. The summed E-state index contributed by atoms with van der Waals surface area (Å²) in [5.74, 6) is 1.52. The molecule has 2 heterocycles. The number of aromatic nitrogens is 1. The van der Waals surface area contributed by atoms with E-state index in [-0.39, 0.29) is 0 Å². The third-order valence-corrected chi connectivity index (χ3v) is 5.46. The smallest absolute Gasteiger partial charge is 0.0464 e. The molecule has 1 aliphatic heterocycles. The van der Waals surface area contributed by atoms with Crippen molar-refractivity contribution in [2.45, 2.75) is 44.6 Å². The minimum atomic E-state index is 0.603. The summed E-state index contributed by atoms with van der Waals surface area (Å²) in [7, 11) is 0. The van der Waals surface area contributed by atoms with E-state index in [1.807, 2.05) is 6.08 Å². The molecular weight excluding hydrogens is 256 g/mol. The largest absolute Gasteiger partial charge is 0.355 e. The maximum Gasteiger partial charge on any atom is 0.0464 e. The Morgan fingerprint density at radius 1 is 1.38 bits per heavy atom. The van der Waals surface area contributed by atoms with Gasteiger partial charge in [-0.25, -0.2) is 0 Å². The van der Waals surface area contributed by atoms with Crippen LogP contribution in [-0.2, 0) is 6.42 Å². The van der Waals surface area contributed by atoms with Crippen molar-refractivity contribution in [3.05, 3.63) is 41.6 Å². The number of aromatic amines is 1. The highest BCUT2D eigenvalue weighted by molar-refractivity contribution is 5.91. The SMILES string of the molecule is C=Cc1[nH]c2cccc3c2c1C[C@H]1NC[C@H](CCC)C[C@H]31. The zero-order chi connectivity index (χ0) is 14.4. The summed E-state index contributed by atoms with van der Waals surface area (Å²) >= 11 is 0. The Hall–Kier alpha value is -1.54. The summed E-state index contributed by atoms with van der Waals surface area (Å²) in [6, 6.07) is 7.36. The van der Waals surface area contributed by atoms with E-state index < -0.39 is 0 Å². The lowest BCUT2D eigenvalue weighted by Gasteiger charge is -2.40. The molecule has 0 bridgehead atoms. The molecule has 2 aromatic rings. The second-order valence-electron chi connectivity index (χ2n) is 6.71. The van der Waals surface area contributed by atoms with Crippen LogP contribution < -0.4 is 5.32 Å². The van der Waals surface area contributed by atoms with E-state index in [4.69, 9.17) is 0 Å². The molecule has 1 saturated heterocycles. The van der Waals surface area contributed by atoms with E-state index in [0.29, 0.717) is 12.0 Å². The molecule has 110 valence electrons. The summed E-state index contributed by atoms with van der Waals surface area (Å²) in [6.45, 7) is 7.47. The van der Waals surface area contributed by atoms with Crippen molar-refractivity contribution >= 4 is 17.0 Å². The van der Waals surface area contributed by atoms with Gasteiger partial charge in [-0.1, -0.05) is 32.1 Å². The van der Waals surface area contributed by atoms with Gasteiger partial charge in [-0.3, -0.25) is 0 Å². The van der Waals surface area contributed by atoms with Crippen LogP contribution in [0.4, 0.5) is 0 Å². The fraction of sp³-hybridized carbons (Fsp3) is 0.474. The molecule has 0 spiro atoms. The van der Waals surface area contributed by atoms with E-state index >= 15 is 0 Å². The molecule has 0 amide bonds. The van der Waals surface area contributed by atoms with Crippen LogP contribution in [0.25, 0.3) is 17.0 Å². The molecule has 1 fully saturated rings. The van der Waals surface area contributed by atoms with Crippen molar-refractivity contribution in [1.82, 2.24) is 10.3 Å². The van der Waals surface area contributed by atoms with E-state index in [9.17, 15) is 0 Å². The van der Waals surface area contributed by atoms with E-state index in [1.165, 1.54) is 48.0 Å². The Morgan fingerprint density at radius 2 is 2.29 bits per heavy atom. The predicted molar refractivity (Wildman–Crippen MR) is 89.6 cm³/mol. The molecule has 2 heteroatoms. The summed E-state index contributed by atoms with van der Waals surface area (Å²) in [6.07, 6.45) is 7.11. The van der Waals surface area contributed by atoms with Crippen molar-refractivity contribution in [2.24, 2.45) is 5.92 Å². The van der Waals surface area contributed by atoms with Crippen LogP contribution in [-0.4, -0.2) is 17.6 Å². The quantitative estimate of drug-likeness (QED) is 0.865. The van der Waals surface area contributed by atoms with Crippen LogP contribution in [0.3, 0.4) is 0 Å². The van der Waals surface area contributed by atoms with Gasteiger partial charge in [0.1, 0.15) is 0 Å². The summed E-state index contributed by atoms with van der Waals surface area (Å²) in [5.41, 5.74) is 5.52. The molecule has 0 radical (unpaired) electrons. The average Bonchev–Trinajstić information content (AvgIpc) is 2.87. The van der Waals surface area contributed by atoms with Gasteiger partial charge in [0.25, 0.3) is 0 Å². The molecule has 4 rings (SSSR count). The highest BCUT2D eigenvalue weighted by Crippen LogP contribution is 2.43. The van der Waals surface area contributed by atoms with Crippen molar-refractivity contribution in [2.75, 3.05) is 6.54 Å². The first-order valence-electron chi connectivity index (χ1n) is 8.31. The lowest BCUT2D eigenvalue weighted by Crippen LogP contribution is -2.46. The molecule has 1 aromatic carbocycles. The predicted octanol–water partition coefficient (Wildman–Crippen LogP) is 4.23. The van der Waals surface area contributed by atoms with Gasteiger partial charge in [0, 0.05) is 28.6 Å². The number of nitrogens with one attached hydrogen (secondary N) is 2. The lowest BCUT2D eigenvalue weighted by molar-refractivity contribution is 0.257. The number of benzene rings is 1. The molecule has 2 nitrogen and oxygen atoms in total. The van der Waals surface area contributed by atoms with Crippen LogP contribution in [0.15, 0.2) is 24.8 Å². The number of H-pyrrole nitrogens is 1. The first-order valence-corrected chi connectivity index (χ1v) is 8.31. The fourth-order valence-corrected chi connectivity index (χ4v) is 4.53. The second kappa shape index (κ2) is 5.03. The Balaban J connectivity index is 1.81. The first kappa shape index (κ1) is 13.1. The number of piperidine rings is 1. The van der Waals surface area contributed by atoms with Crippen LogP contribution >= 0.6 is 0 Å². The molecule has 2 aliphatic rings. The molecule has 1 aliphatic carbocycles. The number of fused-ring (bicyclic) bond motifs is 2. The van der Waals surface area contributed by atoms with E-state index in [1.54, 1.807) is 5.56 Å². The van der Waals surface area contributed by atoms with Crippen LogP contribution in [0.2, 0.25) is 0 Å². The van der Waals surface area contributed by atoms with E-state index in [2.05, 4.69) is 42.0 Å². The summed E-state index contributed by atoms with van der Waals surface area (Å²) < 4.78 is 0. The van der Waals surface area contributed by atoms with Crippen LogP contribution in [0, 0.1) is 5.92 Å². The van der Waals surface area contributed by atoms with E-state index in [0.717, 1.165) is 12.3 Å². The minimum absolute atomic E-state index is 0.603. The monoisotopic (exact) mass is 280 g/mol. The first-order chi connectivity index (χ1) is 10.3. The van der Waals surface area contributed by atoms with Crippen LogP contribution in [0.5, 0.6) is 0 Å². The number of hydrogen-bond acceptors (Lipinski definition) is 1. The minimum Gasteiger partial charge on any atom is -0.355 e. The maximum absolute atomic E-state index is 3.98. The van der Waals surface area contributed by atoms with Crippen molar-refractivity contribution < 1.29 is 0 Å².